The standard InChI is InChI=1S/C21H23N3/c1-23-13-14-24(16-21(23)17-7-3-2-4-8-17)15-18-9-5-11-20-19(18)10-6-12-22-20/h2-12,21H,13-16H2,1H3/t21-/m0/s1. The maximum Gasteiger partial charge on any atom is 0.0705 e. The highest BCUT2D eigenvalue weighted by Crippen LogP contribution is 2.26. The third-order valence-electron chi connectivity index (χ3n) is 5.05. The van der Waals surface area contributed by atoms with E-state index in [0.717, 1.165) is 31.7 Å². The maximum absolute atomic E-state index is 4.48. The van der Waals surface area contributed by atoms with Crippen LogP contribution in [0.5, 0.6) is 0 Å². The van der Waals surface area contributed by atoms with E-state index in [1.807, 2.05) is 12.3 Å². The monoisotopic (exact) mass is 317 g/mol. The summed E-state index contributed by atoms with van der Waals surface area (Å²) in [6, 6.07) is 22.0. The van der Waals surface area contributed by atoms with Crippen LogP contribution in [-0.4, -0.2) is 41.5 Å². The highest BCUT2D eigenvalue weighted by atomic mass is 15.3. The Morgan fingerprint density at radius 3 is 2.71 bits per heavy atom. The van der Waals surface area contributed by atoms with E-state index < -0.39 is 0 Å². The zero-order valence-electron chi connectivity index (χ0n) is 14.1. The number of pyridine rings is 1. The number of hydrogen-bond acceptors (Lipinski definition) is 3. The molecule has 1 fully saturated rings. The van der Waals surface area contributed by atoms with Crippen LogP contribution >= 0.6 is 0 Å². The Hall–Kier alpha value is -2.23. The fraction of sp³-hybridized carbons (Fsp3) is 0.286. The highest BCUT2D eigenvalue weighted by Gasteiger charge is 2.25. The molecule has 3 nitrogen and oxygen atoms in total. The Morgan fingerprint density at radius 2 is 1.83 bits per heavy atom. The number of benzene rings is 2. The molecule has 1 atom stereocenters. The van der Waals surface area contributed by atoms with Crippen LogP contribution in [0.4, 0.5) is 0 Å². The number of fused-ring (bicyclic) bond motifs is 1. The molecule has 122 valence electrons. The van der Waals surface area contributed by atoms with Crippen LogP contribution < -0.4 is 0 Å². The van der Waals surface area contributed by atoms with Crippen LogP contribution in [0.25, 0.3) is 10.9 Å². The average molecular weight is 317 g/mol. The molecule has 0 bridgehead atoms. The molecular weight excluding hydrogens is 294 g/mol. The summed E-state index contributed by atoms with van der Waals surface area (Å²) in [6.45, 7) is 4.26. The number of rotatable bonds is 3. The first kappa shape index (κ1) is 15.3. The van der Waals surface area contributed by atoms with E-state index in [1.54, 1.807) is 0 Å². The first-order valence-corrected chi connectivity index (χ1v) is 8.61. The Balaban J connectivity index is 1.56. The van der Waals surface area contributed by atoms with Crippen LogP contribution in [-0.2, 0) is 6.54 Å². The lowest BCUT2D eigenvalue weighted by molar-refractivity contribution is 0.0908. The Labute approximate surface area is 143 Å². The van der Waals surface area contributed by atoms with Gasteiger partial charge in [0.2, 0.25) is 0 Å². The summed E-state index contributed by atoms with van der Waals surface area (Å²) >= 11 is 0. The van der Waals surface area contributed by atoms with Crippen LogP contribution in [0.1, 0.15) is 17.2 Å². The molecule has 0 spiro atoms. The van der Waals surface area contributed by atoms with Gasteiger partial charge in [-0.3, -0.25) is 14.8 Å². The van der Waals surface area contributed by atoms with E-state index in [4.69, 9.17) is 0 Å². The van der Waals surface area contributed by atoms with Crippen LogP contribution in [0.15, 0.2) is 66.9 Å². The minimum atomic E-state index is 0.466. The van der Waals surface area contributed by atoms with E-state index in [-0.39, 0.29) is 0 Å². The van der Waals surface area contributed by atoms with Gasteiger partial charge < -0.3 is 0 Å². The van der Waals surface area contributed by atoms with Crippen LogP contribution in [0.3, 0.4) is 0 Å². The molecule has 0 N–H and O–H groups in total. The summed E-state index contributed by atoms with van der Waals surface area (Å²) in [4.78, 5) is 9.52. The largest absolute Gasteiger partial charge is 0.297 e. The van der Waals surface area contributed by atoms with Crippen LogP contribution in [0, 0.1) is 0 Å². The van der Waals surface area contributed by atoms with E-state index in [9.17, 15) is 0 Å². The van der Waals surface area contributed by atoms with Crippen molar-refractivity contribution in [3.63, 3.8) is 0 Å². The average Bonchev–Trinajstić information content (AvgIpc) is 2.64. The number of piperazine rings is 1. The Kier molecular flexibility index (Phi) is 4.28. The van der Waals surface area contributed by atoms with Crippen molar-refractivity contribution in [2.75, 3.05) is 26.7 Å². The summed E-state index contributed by atoms with van der Waals surface area (Å²) in [5.74, 6) is 0. The first-order valence-electron chi connectivity index (χ1n) is 8.61. The quantitative estimate of drug-likeness (QED) is 0.734. The fourth-order valence-electron chi connectivity index (χ4n) is 3.65. The van der Waals surface area contributed by atoms with Gasteiger partial charge in [0.1, 0.15) is 0 Å². The van der Waals surface area contributed by atoms with Gasteiger partial charge in [-0.1, -0.05) is 48.5 Å². The Bertz CT molecular complexity index is 810. The van der Waals surface area contributed by atoms with E-state index in [2.05, 4.69) is 76.4 Å². The topological polar surface area (TPSA) is 19.4 Å². The summed E-state index contributed by atoms with van der Waals surface area (Å²) in [7, 11) is 2.23. The smallest absolute Gasteiger partial charge is 0.0705 e. The lowest BCUT2D eigenvalue weighted by atomic mass is 10.0. The van der Waals surface area contributed by atoms with Gasteiger partial charge in [-0.25, -0.2) is 0 Å². The molecule has 0 saturated carbocycles. The lowest BCUT2D eigenvalue weighted by Crippen LogP contribution is -2.46. The van der Waals surface area contributed by atoms with Crippen molar-refractivity contribution < 1.29 is 0 Å². The van der Waals surface area contributed by atoms with Gasteiger partial charge in [0.25, 0.3) is 0 Å². The third-order valence-corrected chi connectivity index (χ3v) is 5.05. The molecule has 1 aromatic heterocycles. The van der Waals surface area contributed by atoms with Crippen molar-refractivity contribution in [2.24, 2.45) is 0 Å². The van der Waals surface area contributed by atoms with Gasteiger partial charge in [-0.2, -0.15) is 0 Å². The van der Waals surface area contributed by atoms with Gasteiger partial charge in [-0.15, -0.1) is 0 Å². The minimum absolute atomic E-state index is 0.466. The molecule has 1 aliphatic rings. The normalized spacial score (nSPS) is 19.6. The number of likely N-dealkylation sites (N-methyl/N-ethyl adjacent to an activating group) is 1. The Morgan fingerprint density at radius 1 is 0.958 bits per heavy atom. The summed E-state index contributed by atoms with van der Waals surface area (Å²) in [6.07, 6.45) is 1.87. The van der Waals surface area contributed by atoms with Crippen molar-refractivity contribution in [2.45, 2.75) is 12.6 Å². The molecule has 3 heteroatoms. The molecule has 3 aromatic rings. The number of nitrogens with zero attached hydrogens (tertiary/aromatic N) is 3. The van der Waals surface area contributed by atoms with Gasteiger partial charge in [0.05, 0.1) is 5.52 Å². The van der Waals surface area contributed by atoms with Crippen molar-refractivity contribution in [3.05, 3.63) is 78.0 Å². The molecule has 2 heterocycles. The van der Waals surface area contributed by atoms with Crippen molar-refractivity contribution in [1.29, 1.82) is 0 Å². The van der Waals surface area contributed by atoms with Crippen molar-refractivity contribution in [3.8, 4) is 0 Å². The maximum atomic E-state index is 4.48. The predicted octanol–water partition coefficient (Wildman–Crippen LogP) is 3.72. The first-order chi connectivity index (χ1) is 11.8. The lowest BCUT2D eigenvalue weighted by Gasteiger charge is -2.40. The van der Waals surface area contributed by atoms with E-state index in [1.165, 1.54) is 16.5 Å². The SMILES string of the molecule is CN1CCN(Cc2cccc3ncccc23)C[C@H]1c1ccccc1. The third kappa shape index (κ3) is 3.05. The van der Waals surface area contributed by atoms with Gasteiger partial charge >= 0.3 is 0 Å². The number of hydrogen-bond donors (Lipinski definition) is 0. The van der Waals surface area contributed by atoms with Crippen molar-refractivity contribution in [1.82, 2.24) is 14.8 Å². The second-order valence-corrected chi connectivity index (χ2v) is 6.63. The number of aromatic nitrogens is 1. The summed E-state index contributed by atoms with van der Waals surface area (Å²) in [5, 5.41) is 1.27. The molecule has 0 aliphatic carbocycles. The zero-order valence-corrected chi connectivity index (χ0v) is 14.1. The zero-order chi connectivity index (χ0) is 16.4. The van der Waals surface area contributed by atoms with Gasteiger partial charge in [0, 0.05) is 43.8 Å². The molecule has 0 unspecified atom stereocenters. The van der Waals surface area contributed by atoms with Crippen LogP contribution in [0.2, 0.25) is 0 Å². The highest BCUT2D eigenvalue weighted by molar-refractivity contribution is 5.81. The molecule has 0 amide bonds. The van der Waals surface area contributed by atoms with E-state index in [0.29, 0.717) is 6.04 Å². The molecule has 1 saturated heterocycles. The molecular formula is C21H23N3. The second-order valence-electron chi connectivity index (χ2n) is 6.63. The minimum Gasteiger partial charge on any atom is -0.297 e. The van der Waals surface area contributed by atoms with E-state index >= 15 is 0 Å². The van der Waals surface area contributed by atoms with Gasteiger partial charge in [0.15, 0.2) is 0 Å². The molecule has 0 radical (unpaired) electrons. The molecule has 1 aliphatic heterocycles. The molecule has 24 heavy (non-hydrogen) atoms. The van der Waals surface area contributed by atoms with Crippen molar-refractivity contribution >= 4 is 10.9 Å². The van der Waals surface area contributed by atoms with Gasteiger partial charge in [-0.05, 0) is 30.3 Å². The summed E-state index contributed by atoms with van der Waals surface area (Å²) < 4.78 is 0. The summed E-state index contributed by atoms with van der Waals surface area (Å²) in [5.41, 5.74) is 3.87. The fourth-order valence-corrected chi connectivity index (χ4v) is 3.65. The predicted molar refractivity (Wildman–Crippen MR) is 98.8 cm³/mol. The second kappa shape index (κ2) is 6.71. The molecule has 4 rings (SSSR count). The molecule has 2 aromatic carbocycles.